The zero-order valence-electron chi connectivity index (χ0n) is 11.4. The fraction of sp³-hybridized carbons (Fsp3) is 0.200. The average Bonchev–Trinajstić information content (AvgIpc) is 2.91. The second kappa shape index (κ2) is 6.88. The maximum Gasteiger partial charge on any atom is 0.255 e. The van der Waals surface area contributed by atoms with Gasteiger partial charge >= 0.3 is 0 Å². The summed E-state index contributed by atoms with van der Waals surface area (Å²) in [6.07, 6.45) is 2.70. The number of aliphatic hydroxyl groups excluding tert-OH is 1. The molecule has 0 aliphatic carbocycles. The molecule has 0 saturated heterocycles. The van der Waals surface area contributed by atoms with Crippen molar-refractivity contribution < 1.29 is 15.0 Å². The van der Waals surface area contributed by atoms with Crippen LogP contribution in [0.2, 0.25) is 0 Å². The van der Waals surface area contributed by atoms with Crippen LogP contribution in [-0.4, -0.2) is 39.7 Å². The van der Waals surface area contributed by atoms with Crippen molar-refractivity contribution in [3.8, 4) is 17.6 Å². The Bertz CT molecular complexity index is 700. The fourth-order valence-electron chi connectivity index (χ4n) is 1.74. The van der Waals surface area contributed by atoms with Gasteiger partial charge in [-0.05, 0) is 12.1 Å². The van der Waals surface area contributed by atoms with Crippen molar-refractivity contribution in [3.63, 3.8) is 0 Å². The van der Waals surface area contributed by atoms with Crippen molar-refractivity contribution in [2.45, 2.75) is 6.54 Å². The lowest BCUT2D eigenvalue weighted by atomic mass is 10.2. The van der Waals surface area contributed by atoms with E-state index >= 15 is 0 Å². The molecule has 0 unspecified atom stereocenters. The van der Waals surface area contributed by atoms with Gasteiger partial charge in [-0.1, -0.05) is 11.8 Å². The van der Waals surface area contributed by atoms with Gasteiger partial charge in [0.1, 0.15) is 12.4 Å². The van der Waals surface area contributed by atoms with Crippen LogP contribution in [0.5, 0.6) is 5.75 Å². The Morgan fingerprint density at radius 1 is 1.43 bits per heavy atom. The molecule has 2 rings (SSSR count). The van der Waals surface area contributed by atoms with E-state index in [1.165, 1.54) is 29.8 Å². The first kappa shape index (κ1) is 15.0. The molecule has 5 nitrogen and oxygen atoms in total. The largest absolute Gasteiger partial charge is 0.506 e. The minimum Gasteiger partial charge on any atom is -0.506 e. The van der Waals surface area contributed by atoms with Crippen molar-refractivity contribution in [1.82, 2.24) is 9.88 Å². The van der Waals surface area contributed by atoms with Gasteiger partial charge in [-0.2, -0.15) is 0 Å². The summed E-state index contributed by atoms with van der Waals surface area (Å²) < 4.78 is 0. The van der Waals surface area contributed by atoms with Crippen molar-refractivity contribution in [1.29, 1.82) is 0 Å². The Kier molecular flexibility index (Phi) is 4.93. The van der Waals surface area contributed by atoms with Crippen LogP contribution in [0.15, 0.2) is 29.9 Å². The molecule has 0 radical (unpaired) electrons. The van der Waals surface area contributed by atoms with E-state index in [2.05, 4.69) is 16.8 Å². The van der Waals surface area contributed by atoms with Crippen molar-refractivity contribution in [2.75, 3.05) is 13.7 Å². The maximum atomic E-state index is 12.2. The van der Waals surface area contributed by atoms with Crippen LogP contribution in [0.25, 0.3) is 0 Å². The SMILES string of the molecule is CN(Cc1cc(C#CCO)cs1)C(=O)c1cncc(O)c1. The molecular weight excluding hydrogens is 288 g/mol. The van der Waals surface area contributed by atoms with Gasteiger partial charge in [0.25, 0.3) is 5.91 Å². The molecule has 2 aromatic heterocycles. The lowest BCUT2D eigenvalue weighted by molar-refractivity contribution is 0.0785. The number of hydrogen-bond acceptors (Lipinski definition) is 5. The Hall–Kier alpha value is -2.36. The second-order valence-electron chi connectivity index (χ2n) is 4.35. The van der Waals surface area contributed by atoms with Gasteiger partial charge in [0.15, 0.2) is 0 Å². The van der Waals surface area contributed by atoms with E-state index in [1.807, 2.05) is 11.4 Å². The van der Waals surface area contributed by atoms with Crippen LogP contribution >= 0.6 is 11.3 Å². The highest BCUT2D eigenvalue weighted by atomic mass is 32.1. The van der Waals surface area contributed by atoms with Gasteiger partial charge in [-0.3, -0.25) is 9.78 Å². The lowest BCUT2D eigenvalue weighted by Gasteiger charge is -2.16. The summed E-state index contributed by atoms with van der Waals surface area (Å²) in [5, 5.41) is 19.9. The summed E-state index contributed by atoms with van der Waals surface area (Å²) in [6, 6.07) is 3.27. The Morgan fingerprint density at radius 3 is 2.95 bits per heavy atom. The number of thiophene rings is 1. The van der Waals surface area contributed by atoms with E-state index in [-0.39, 0.29) is 18.3 Å². The number of aromatic hydroxyl groups is 1. The molecule has 6 heteroatoms. The summed E-state index contributed by atoms with van der Waals surface area (Å²) in [6.45, 7) is 0.272. The van der Waals surface area contributed by atoms with E-state index in [4.69, 9.17) is 5.11 Å². The molecule has 0 aliphatic rings. The highest BCUT2D eigenvalue weighted by molar-refractivity contribution is 7.10. The van der Waals surface area contributed by atoms with E-state index in [1.54, 1.807) is 11.9 Å². The maximum absolute atomic E-state index is 12.2. The molecular formula is C15H14N2O3S. The average molecular weight is 302 g/mol. The molecule has 21 heavy (non-hydrogen) atoms. The topological polar surface area (TPSA) is 73.7 Å². The van der Waals surface area contributed by atoms with Crippen LogP contribution in [0.1, 0.15) is 20.8 Å². The van der Waals surface area contributed by atoms with Gasteiger partial charge in [0, 0.05) is 29.1 Å². The summed E-state index contributed by atoms with van der Waals surface area (Å²) in [5.41, 5.74) is 1.17. The number of hydrogen-bond donors (Lipinski definition) is 2. The van der Waals surface area contributed by atoms with Crippen LogP contribution in [0.4, 0.5) is 0 Å². The first-order chi connectivity index (χ1) is 10.1. The summed E-state index contributed by atoms with van der Waals surface area (Å²) >= 11 is 1.50. The third-order valence-electron chi connectivity index (χ3n) is 2.68. The molecule has 2 N–H and O–H groups in total. The number of rotatable bonds is 3. The van der Waals surface area contributed by atoms with Crippen LogP contribution in [-0.2, 0) is 6.54 Å². The fourth-order valence-corrected chi connectivity index (χ4v) is 2.61. The standard InChI is InChI=1S/C15H14N2O3S/c1-17(15(20)12-6-13(19)8-16-7-12)9-14-5-11(10-21-14)3-2-4-18/h5-8,10,18-19H,4,9H2,1H3. The predicted molar refractivity (Wildman–Crippen MR) is 80.0 cm³/mol. The number of aliphatic hydroxyl groups is 1. The lowest BCUT2D eigenvalue weighted by Crippen LogP contribution is -2.25. The molecule has 108 valence electrons. The van der Waals surface area contributed by atoms with Crippen LogP contribution in [0.3, 0.4) is 0 Å². The molecule has 0 bridgehead atoms. The van der Waals surface area contributed by atoms with Gasteiger partial charge in [-0.25, -0.2) is 0 Å². The summed E-state index contributed by atoms with van der Waals surface area (Å²) in [7, 11) is 1.69. The molecule has 0 atom stereocenters. The highest BCUT2D eigenvalue weighted by Gasteiger charge is 2.13. The van der Waals surface area contributed by atoms with Crippen molar-refractivity contribution >= 4 is 17.2 Å². The zero-order valence-corrected chi connectivity index (χ0v) is 12.2. The first-order valence-corrected chi connectivity index (χ1v) is 7.04. The zero-order chi connectivity index (χ0) is 15.2. The Balaban J connectivity index is 2.05. The first-order valence-electron chi connectivity index (χ1n) is 6.17. The molecule has 2 heterocycles. The monoisotopic (exact) mass is 302 g/mol. The smallest absolute Gasteiger partial charge is 0.255 e. The quantitative estimate of drug-likeness (QED) is 0.842. The van der Waals surface area contributed by atoms with Gasteiger partial charge in [-0.15, -0.1) is 11.3 Å². The third kappa shape index (κ3) is 4.05. The number of carbonyl (C=O) groups is 1. The van der Waals surface area contributed by atoms with E-state index < -0.39 is 0 Å². The van der Waals surface area contributed by atoms with E-state index in [0.717, 1.165) is 10.4 Å². The van der Waals surface area contributed by atoms with E-state index in [9.17, 15) is 9.90 Å². The van der Waals surface area contributed by atoms with Crippen molar-refractivity contribution in [3.05, 3.63) is 45.9 Å². The van der Waals surface area contributed by atoms with Crippen LogP contribution in [0, 0.1) is 11.8 Å². The molecule has 0 fully saturated rings. The minimum atomic E-state index is -0.213. The summed E-state index contributed by atoms with van der Waals surface area (Å²) in [4.78, 5) is 18.5. The Labute approximate surface area is 126 Å². The van der Waals surface area contributed by atoms with Gasteiger partial charge < -0.3 is 15.1 Å². The number of amides is 1. The number of aromatic nitrogens is 1. The number of nitrogens with zero attached hydrogens (tertiary/aromatic N) is 2. The molecule has 1 amide bonds. The third-order valence-corrected chi connectivity index (χ3v) is 3.60. The molecule has 0 spiro atoms. The second-order valence-corrected chi connectivity index (χ2v) is 5.35. The number of pyridine rings is 1. The normalized spacial score (nSPS) is 9.81. The predicted octanol–water partition coefficient (Wildman–Crippen LogP) is 1.46. The van der Waals surface area contributed by atoms with E-state index in [0.29, 0.717) is 12.1 Å². The van der Waals surface area contributed by atoms with Gasteiger partial charge in [0.05, 0.1) is 18.3 Å². The Morgan fingerprint density at radius 2 is 2.24 bits per heavy atom. The molecule has 0 aliphatic heterocycles. The van der Waals surface area contributed by atoms with Crippen LogP contribution < -0.4 is 0 Å². The molecule has 0 saturated carbocycles. The highest BCUT2D eigenvalue weighted by Crippen LogP contribution is 2.17. The molecule has 2 aromatic rings. The summed E-state index contributed by atoms with van der Waals surface area (Å²) in [5.74, 6) is 5.15. The van der Waals surface area contributed by atoms with Gasteiger partial charge in [0.2, 0.25) is 0 Å². The van der Waals surface area contributed by atoms with Crippen molar-refractivity contribution in [2.24, 2.45) is 0 Å². The minimum absolute atomic E-state index is 0.0352. The molecule has 0 aromatic carbocycles. The number of carbonyl (C=O) groups excluding carboxylic acids is 1.